The first-order valence-corrected chi connectivity index (χ1v) is 7.49. The number of terminal acetylenes is 1. The summed E-state index contributed by atoms with van der Waals surface area (Å²) >= 11 is 0.883. The van der Waals surface area contributed by atoms with E-state index in [1.807, 2.05) is 0 Å². The van der Waals surface area contributed by atoms with Gasteiger partial charge in [0.15, 0.2) is 0 Å². The zero-order valence-electron chi connectivity index (χ0n) is 9.93. The average Bonchev–Trinajstić information content (AvgIpc) is 2.69. The largest absolute Gasteiger partial charge is 0.477 e. The molecule has 0 spiro atoms. The monoisotopic (exact) mass is 287 g/mol. The van der Waals surface area contributed by atoms with Crippen LogP contribution in [0.15, 0.2) is 10.3 Å². The second-order valence-corrected chi connectivity index (χ2v) is 6.16. The molecule has 1 unspecified atom stereocenters. The Balaban J connectivity index is 3.25. The van der Waals surface area contributed by atoms with E-state index >= 15 is 0 Å². The lowest BCUT2D eigenvalue weighted by atomic mass is 10.3. The zero-order chi connectivity index (χ0) is 13.9. The van der Waals surface area contributed by atoms with Gasteiger partial charge in [-0.3, -0.25) is 0 Å². The number of carboxylic acids is 1. The van der Waals surface area contributed by atoms with E-state index in [0.29, 0.717) is 12.0 Å². The molecule has 1 rings (SSSR count). The fraction of sp³-hybridized carbons (Fsp3) is 0.364. The Kier molecular flexibility index (Phi) is 4.51. The Morgan fingerprint density at radius 1 is 1.67 bits per heavy atom. The molecule has 1 aromatic heterocycles. The summed E-state index contributed by atoms with van der Waals surface area (Å²) in [5, 5.41) is 10.5. The number of hydrogen-bond acceptors (Lipinski definition) is 4. The molecule has 7 heteroatoms. The van der Waals surface area contributed by atoms with Crippen molar-refractivity contribution < 1.29 is 18.3 Å². The highest BCUT2D eigenvalue weighted by Gasteiger charge is 2.28. The lowest BCUT2D eigenvalue weighted by Gasteiger charge is -2.12. The normalized spacial score (nSPS) is 12.9. The van der Waals surface area contributed by atoms with Crippen LogP contribution in [0.5, 0.6) is 0 Å². The van der Waals surface area contributed by atoms with Gasteiger partial charge in [0.2, 0.25) is 10.0 Å². The predicted octanol–water partition coefficient (Wildman–Crippen LogP) is 1.44. The molecule has 0 saturated carbocycles. The van der Waals surface area contributed by atoms with E-state index in [9.17, 15) is 13.2 Å². The Hall–Kier alpha value is -1.36. The SMILES string of the molecule is C#CC(CC)NS(=O)(=O)c1c(C)csc1C(=O)O. The van der Waals surface area contributed by atoms with E-state index in [2.05, 4.69) is 10.6 Å². The standard InChI is InChI=1S/C11H13NO4S2/c1-4-8(5-2)12-18(15,16)10-7(3)6-17-9(10)11(13)14/h1,6,8,12H,5H2,2-3H3,(H,13,14). The lowest BCUT2D eigenvalue weighted by Crippen LogP contribution is -2.34. The van der Waals surface area contributed by atoms with Gasteiger partial charge in [-0.15, -0.1) is 17.8 Å². The van der Waals surface area contributed by atoms with Crippen LogP contribution in [0, 0.1) is 19.3 Å². The highest BCUT2D eigenvalue weighted by atomic mass is 32.2. The van der Waals surface area contributed by atoms with Gasteiger partial charge in [0.1, 0.15) is 9.77 Å². The van der Waals surface area contributed by atoms with Crippen molar-refractivity contribution in [2.45, 2.75) is 31.2 Å². The minimum Gasteiger partial charge on any atom is -0.477 e. The molecule has 0 aromatic carbocycles. The van der Waals surface area contributed by atoms with E-state index < -0.39 is 22.0 Å². The van der Waals surface area contributed by atoms with Gasteiger partial charge in [0, 0.05) is 0 Å². The molecule has 18 heavy (non-hydrogen) atoms. The molecule has 98 valence electrons. The van der Waals surface area contributed by atoms with Crippen molar-refractivity contribution in [1.29, 1.82) is 0 Å². The Morgan fingerprint density at radius 3 is 2.72 bits per heavy atom. The van der Waals surface area contributed by atoms with E-state index in [-0.39, 0.29) is 9.77 Å². The van der Waals surface area contributed by atoms with Gasteiger partial charge < -0.3 is 5.11 Å². The molecule has 0 radical (unpaired) electrons. The molecule has 1 heterocycles. The quantitative estimate of drug-likeness (QED) is 0.803. The van der Waals surface area contributed by atoms with Crippen molar-refractivity contribution in [3.05, 3.63) is 15.8 Å². The number of hydrogen-bond donors (Lipinski definition) is 2. The summed E-state index contributed by atoms with van der Waals surface area (Å²) in [6, 6.07) is -0.643. The second kappa shape index (κ2) is 5.52. The number of sulfonamides is 1. The van der Waals surface area contributed by atoms with Crippen molar-refractivity contribution >= 4 is 27.3 Å². The van der Waals surface area contributed by atoms with Crippen LogP contribution in [0.2, 0.25) is 0 Å². The number of nitrogens with one attached hydrogen (secondary N) is 1. The topological polar surface area (TPSA) is 83.5 Å². The number of carbonyl (C=O) groups is 1. The van der Waals surface area contributed by atoms with Gasteiger partial charge in [-0.2, -0.15) is 4.72 Å². The summed E-state index contributed by atoms with van der Waals surface area (Å²) in [5.74, 6) is 1.04. The average molecular weight is 287 g/mol. The molecule has 0 aliphatic rings. The summed E-state index contributed by atoms with van der Waals surface area (Å²) in [6.45, 7) is 3.29. The molecule has 0 aliphatic carbocycles. The Bertz CT molecular complexity index is 595. The van der Waals surface area contributed by atoms with Crippen LogP contribution in [0.25, 0.3) is 0 Å². The van der Waals surface area contributed by atoms with E-state index in [4.69, 9.17) is 11.5 Å². The minimum absolute atomic E-state index is 0.200. The summed E-state index contributed by atoms with van der Waals surface area (Å²) < 4.78 is 26.5. The molecule has 1 aromatic rings. The van der Waals surface area contributed by atoms with Crippen molar-refractivity contribution in [3.63, 3.8) is 0 Å². The highest BCUT2D eigenvalue weighted by molar-refractivity contribution is 7.89. The van der Waals surface area contributed by atoms with Crippen LogP contribution in [0.1, 0.15) is 28.6 Å². The van der Waals surface area contributed by atoms with Crippen molar-refractivity contribution in [1.82, 2.24) is 4.72 Å². The van der Waals surface area contributed by atoms with Crippen molar-refractivity contribution in [2.75, 3.05) is 0 Å². The third-order valence-electron chi connectivity index (χ3n) is 2.29. The van der Waals surface area contributed by atoms with Gasteiger partial charge in [0.05, 0.1) is 6.04 Å². The number of aryl methyl sites for hydroxylation is 1. The van der Waals surface area contributed by atoms with Crippen molar-refractivity contribution in [3.8, 4) is 12.3 Å². The van der Waals surface area contributed by atoms with Gasteiger partial charge in [-0.1, -0.05) is 12.8 Å². The third kappa shape index (κ3) is 2.90. The number of rotatable bonds is 5. The minimum atomic E-state index is -3.91. The molecule has 1 atom stereocenters. The molecule has 5 nitrogen and oxygen atoms in total. The van der Waals surface area contributed by atoms with Crippen LogP contribution in [-0.4, -0.2) is 25.5 Å². The maximum Gasteiger partial charge on any atom is 0.347 e. The molecule has 0 saturated heterocycles. The third-order valence-corrected chi connectivity index (χ3v) is 5.16. The first kappa shape index (κ1) is 14.7. The van der Waals surface area contributed by atoms with E-state index in [1.54, 1.807) is 13.8 Å². The lowest BCUT2D eigenvalue weighted by molar-refractivity contribution is 0.0698. The maximum absolute atomic E-state index is 12.1. The smallest absolute Gasteiger partial charge is 0.347 e. The summed E-state index contributed by atoms with van der Waals surface area (Å²) in [6.07, 6.45) is 5.62. The van der Waals surface area contributed by atoms with Crippen LogP contribution in [0.3, 0.4) is 0 Å². The molecular formula is C11H13NO4S2. The number of carboxylic acid groups (broad SMARTS) is 1. The van der Waals surface area contributed by atoms with Crippen LogP contribution >= 0.6 is 11.3 Å². The maximum atomic E-state index is 12.1. The Labute approximate surface area is 110 Å². The first-order valence-electron chi connectivity index (χ1n) is 5.13. The number of aromatic carboxylic acids is 1. The molecule has 2 N–H and O–H groups in total. The molecule has 0 bridgehead atoms. The molecule has 0 aliphatic heterocycles. The van der Waals surface area contributed by atoms with E-state index in [0.717, 1.165) is 11.3 Å². The fourth-order valence-electron chi connectivity index (χ4n) is 1.40. The molecular weight excluding hydrogens is 274 g/mol. The zero-order valence-corrected chi connectivity index (χ0v) is 11.6. The number of thiophene rings is 1. The van der Waals surface area contributed by atoms with Crippen molar-refractivity contribution in [2.24, 2.45) is 0 Å². The second-order valence-electron chi connectivity index (χ2n) is 3.63. The van der Waals surface area contributed by atoms with Crippen LogP contribution in [0.4, 0.5) is 0 Å². The molecule has 0 amide bonds. The van der Waals surface area contributed by atoms with Crippen LogP contribution in [-0.2, 0) is 10.0 Å². The van der Waals surface area contributed by atoms with Gasteiger partial charge in [0.25, 0.3) is 0 Å². The highest BCUT2D eigenvalue weighted by Crippen LogP contribution is 2.26. The van der Waals surface area contributed by atoms with Gasteiger partial charge in [-0.05, 0) is 24.3 Å². The van der Waals surface area contributed by atoms with E-state index in [1.165, 1.54) is 5.38 Å². The predicted molar refractivity (Wildman–Crippen MR) is 69.2 cm³/mol. The van der Waals surface area contributed by atoms with Gasteiger partial charge in [-0.25, -0.2) is 13.2 Å². The Morgan fingerprint density at radius 2 is 2.28 bits per heavy atom. The summed E-state index contributed by atoms with van der Waals surface area (Å²) in [7, 11) is -3.91. The first-order chi connectivity index (χ1) is 8.33. The fourth-order valence-corrected chi connectivity index (χ4v) is 4.27. The van der Waals surface area contributed by atoms with Crippen LogP contribution < -0.4 is 4.72 Å². The van der Waals surface area contributed by atoms with Gasteiger partial charge >= 0.3 is 5.97 Å². The summed E-state index contributed by atoms with van der Waals surface area (Å²) in [4.78, 5) is 10.6. The summed E-state index contributed by atoms with van der Waals surface area (Å²) in [5.41, 5.74) is 0.400. The molecule has 0 fully saturated rings.